The van der Waals surface area contributed by atoms with E-state index in [0.29, 0.717) is 6.04 Å². The van der Waals surface area contributed by atoms with Gasteiger partial charge < -0.3 is 15.4 Å². The van der Waals surface area contributed by atoms with E-state index in [-0.39, 0.29) is 17.6 Å². The van der Waals surface area contributed by atoms with Crippen molar-refractivity contribution in [3.8, 4) is 0 Å². The third-order valence-corrected chi connectivity index (χ3v) is 4.32. The molecule has 2 aliphatic heterocycles. The zero-order valence-electron chi connectivity index (χ0n) is 11.6. The molecule has 104 valence electrons. The van der Waals surface area contributed by atoms with Crippen molar-refractivity contribution in [1.29, 1.82) is 0 Å². The van der Waals surface area contributed by atoms with Crippen LogP contribution < -0.4 is 10.6 Å². The van der Waals surface area contributed by atoms with Crippen LogP contribution in [0.5, 0.6) is 0 Å². The molecular weight excluding hydrogens is 228 g/mol. The quantitative estimate of drug-likeness (QED) is 0.804. The molecule has 4 heteroatoms. The van der Waals surface area contributed by atoms with Crippen molar-refractivity contribution in [2.24, 2.45) is 0 Å². The third-order valence-electron chi connectivity index (χ3n) is 4.32. The van der Waals surface area contributed by atoms with Gasteiger partial charge in [0.25, 0.3) is 0 Å². The molecule has 0 aromatic heterocycles. The van der Waals surface area contributed by atoms with Crippen LogP contribution in [0.4, 0.5) is 0 Å². The molecule has 2 heterocycles. The highest BCUT2D eigenvalue weighted by molar-refractivity contribution is 5.81. The van der Waals surface area contributed by atoms with Gasteiger partial charge in [0.05, 0.1) is 11.6 Å². The normalized spacial score (nSPS) is 38.0. The summed E-state index contributed by atoms with van der Waals surface area (Å²) in [5.74, 6) is 0.178. The molecule has 4 nitrogen and oxygen atoms in total. The lowest BCUT2D eigenvalue weighted by Crippen LogP contribution is -2.52. The molecule has 2 rings (SSSR count). The minimum atomic E-state index is -0.0167. The molecule has 0 spiro atoms. The van der Waals surface area contributed by atoms with Crippen molar-refractivity contribution < 1.29 is 9.53 Å². The van der Waals surface area contributed by atoms with Crippen LogP contribution in [-0.2, 0) is 9.53 Å². The lowest BCUT2D eigenvalue weighted by molar-refractivity contribution is -0.124. The molecule has 2 aliphatic rings. The Morgan fingerprint density at radius 1 is 1.44 bits per heavy atom. The third kappa shape index (κ3) is 3.45. The maximum atomic E-state index is 11.9. The van der Waals surface area contributed by atoms with Gasteiger partial charge in [-0.2, -0.15) is 0 Å². The second-order valence-corrected chi connectivity index (χ2v) is 5.85. The Labute approximate surface area is 110 Å². The lowest BCUT2D eigenvalue weighted by atomic mass is 9.89. The van der Waals surface area contributed by atoms with Crippen LogP contribution in [0.3, 0.4) is 0 Å². The number of amides is 1. The molecule has 0 aromatic rings. The van der Waals surface area contributed by atoms with Gasteiger partial charge in [0.15, 0.2) is 0 Å². The second kappa shape index (κ2) is 6.02. The van der Waals surface area contributed by atoms with E-state index in [1.165, 1.54) is 0 Å². The van der Waals surface area contributed by atoms with Crippen molar-refractivity contribution >= 4 is 5.91 Å². The molecular formula is C14H26N2O2. The van der Waals surface area contributed by atoms with Gasteiger partial charge in [-0.05, 0) is 45.4 Å². The zero-order chi connectivity index (χ0) is 13.0. The Bertz CT molecular complexity index is 296. The van der Waals surface area contributed by atoms with Crippen LogP contribution in [0.1, 0.15) is 52.4 Å². The summed E-state index contributed by atoms with van der Waals surface area (Å²) < 4.78 is 5.84. The lowest BCUT2D eigenvalue weighted by Gasteiger charge is -2.39. The van der Waals surface area contributed by atoms with Crippen molar-refractivity contribution in [3.63, 3.8) is 0 Å². The fourth-order valence-electron chi connectivity index (χ4n) is 2.90. The van der Waals surface area contributed by atoms with E-state index in [2.05, 4.69) is 24.5 Å². The second-order valence-electron chi connectivity index (χ2n) is 5.85. The zero-order valence-corrected chi connectivity index (χ0v) is 11.6. The van der Waals surface area contributed by atoms with Crippen LogP contribution in [0.25, 0.3) is 0 Å². The Balaban J connectivity index is 1.89. The van der Waals surface area contributed by atoms with Crippen LogP contribution in [0.2, 0.25) is 0 Å². The van der Waals surface area contributed by atoms with E-state index in [1.807, 2.05) is 0 Å². The Morgan fingerprint density at radius 2 is 2.28 bits per heavy atom. The van der Waals surface area contributed by atoms with Crippen LogP contribution in [0, 0.1) is 0 Å². The predicted octanol–water partition coefficient (Wildman–Crippen LogP) is 1.59. The minimum absolute atomic E-state index is 0.00305. The van der Waals surface area contributed by atoms with Gasteiger partial charge >= 0.3 is 0 Å². The summed E-state index contributed by atoms with van der Waals surface area (Å²) in [6.07, 6.45) is 6.25. The molecule has 3 atom stereocenters. The van der Waals surface area contributed by atoms with E-state index in [1.54, 1.807) is 0 Å². The maximum absolute atomic E-state index is 11.9. The Hall–Kier alpha value is -0.610. The first-order valence-corrected chi connectivity index (χ1v) is 7.31. The Kier molecular flexibility index (Phi) is 4.62. The SMILES string of the molecule is CCC1(C)CC(NC2CCCCNC2=O)CCO1. The molecule has 0 bridgehead atoms. The van der Waals surface area contributed by atoms with E-state index < -0.39 is 0 Å². The topological polar surface area (TPSA) is 50.4 Å². The van der Waals surface area contributed by atoms with Gasteiger partial charge in [0.2, 0.25) is 5.91 Å². The summed E-state index contributed by atoms with van der Waals surface area (Å²) in [7, 11) is 0. The number of nitrogens with one attached hydrogen (secondary N) is 2. The van der Waals surface area contributed by atoms with Gasteiger partial charge in [-0.25, -0.2) is 0 Å². The van der Waals surface area contributed by atoms with E-state index in [9.17, 15) is 4.79 Å². The molecule has 18 heavy (non-hydrogen) atoms. The maximum Gasteiger partial charge on any atom is 0.237 e. The highest BCUT2D eigenvalue weighted by Gasteiger charge is 2.33. The van der Waals surface area contributed by atoms with Crippen molar-refractivity contribution in [2.45, 2.75) is 70.1 Å². The van der Waals surface area contributed by atoms with E-state index in [0.717, 1.165) is 51.7 Å². The summed E-state index contributed by atoms with van der Waals surface area (Å²) in [4.78, 5) is 11.9. The molecule has 2 N–H and O–H groups in total. The number of ether oxygens (including phenoxy) is 1. The van der Waals surface area contributed by atoms with Crippen molar-refractivity contribution in [3.05, 3.63) is 0 Å². The molecule has 0 saturated carbocycles. The summed E-state index contributed by atoms with van der Waals surface area (Å²) in [6, 6.07) is 0.411. The summed E-state index contributed by atoms with van der Waals surface area (Å²) >= 11 is 0. The van der Waals surface area contributed by atoms with E-state index >= 15 is 0 Å². The number of rotatable bonds is 3. The van der Waals surface area contributed by atoms with E-state index in [4.69, 9.17) is 4.74 Å². The van der Waals surface area contributed by atoms with Gasteiger partial charge in [-0.3, -0.25) is 4.79 Å². The molecule has 0 aliphatic carbocycles. The van der Waals surface area contributed by atoms with Gasteiger partial charge in [-0.1, -0.05) is 6.92 Å². The highest BCUT2D eigenvalue weighted by atomic mass is 16.5. The standard InChI is InChI=1S/C14H26N2O2/c1-3-14(2)10-11(7-9-18-14)16-12-6-4-5-8-15-13(12)17/h11-12,16H,3-10H2,1-2H3,(H,15,17). The molecule has 0 aromatic carbocycles. The molecule has 3 unspecified atom stereocenters. The number of carbonyl (C=O) groups is 1. The smallest absolute Gasteiger partial charge is 0.237 e. The molecule has 2 fully saturated rings. The number of hydrogen-bond acceptors (Lipinski definition) is 3. The van der Waals surface area contributed by atoms with Crippen molar-refractivity contribution in [1.82, 2.24) is 10.6 Å². The van der Waals surface area contributed by atoms with Gasteiger partial charge in [-0.15, -0.1) is 0 Å². The summed E-state index contributed by atoms with van der Waals surface area (Å²) in [6.45, 7) is 5.97. The first kappa shape index (κ1) is 13.8. The van der Waals surface area contributed by atoms with Gasteiger partial charge in [0, 0.05) is 19.2 Å². The largest absolute Gasteiger partial charge is 0.375 e. The van der Waals surface area contributed by atoms with Crippen molar-refractivity contribution in [2.75, 3.05) is 13.2 Å². The number of carbonyl (C=O) groups excluding carboxylic acids is 1. The predicted molar refractivity (Wildman–Crippen MR) is 71.5 cm³/mol. The first-order chi connectivity index (χ1) is 8.63. The highest BCUT2D eigenvalue weighted by Crippen LogP contribution is 2.28. The monoisotopic (exact) mass is 254 g/mol. The van der Waals surface area contributed by atoms with Gasteiger partial charge in [0.1, 0.15) is 0 Å². The molecule has 2 saturated heterocycles. The summed E-state index contributed by atoms with van der Waals surface area (Å²) in [5, 5.41) is 6.53. The molecule has 0 radical (unpaired) electrons. The fourth-order valence-corrected chi connectivity index (χ4v) is 2.90. The average Bonchev–Trinajstić information content (AvgIpc) is 2.55. The van der Waals surface area contributed by atoms with Crippen LogP contribution in [-0.4, -0.2) is 36.7 Å². The summed E-state index contributed by atoms with van der Waals surface area (Å²) in [5.41, 5.74) is -0.0167. The Morgan fingerprint density at radius 3 is 3.06 bits per heavy atom. The number of hydrogen-bond donors (Lipinski definition) is 2. The minimum Gasteiger partial charge on any atom is -0.375 e. The average molecular weight is 254 g/mol. The van der Waals surface area contributed by atoms with Crippen LogP contribution >= 0.6 is 0 Å². The first-order valence-electron chi connectivity index (χ1n) is 7.31. The molecule has 1 amide bonds. The van der Waals surface area contributed by atoms with Crippen LogP contribution in [0.15, 0.2) is 0 Å². The fraction of sp³-hybridized carbons (Fsp3) is 0.929.